The SMILES string of the molecule is CCC(C)CC(N)CCc1ccc(OC)cc1. The molecule has 1 rings (SSSR count). The molecule has 2 N–H and O–H groups in total. The number of methoxy groups -OCH3 is 1. The van der Waals surface area contributed by atoms with E-state index in [1.54, 1.807) is 7.11 Å². The molecule has 0 aliphatic heterocycles. The highest BCUT2D eigenvalue weighted by Crippen LogP contribution is 2.15. The molecule has 2 heteroatoms. The first kappa shape index (κ1) is 14.0. The predicted molar refractivity (Wildman–Crippen MR) is 73.4 cm³/mol. The van der Waals surface area contributed by atoms with Gasteiger partial charge in [0.05, 0.1) is 7.11 Å². The van der Waals surface area contributed by atoms with Crippen molar-refractivity contribution in [3.8, 4) is 5.75 Å². The fourth-order valence-corrected chi connectivity index (χ4v) is 1.95. The lowest BCUT2D eigenvalue weighted by molar-refractivity contribution is 0.414. The van der Waals surface area contributed by atoms with Crippen molar-refractivity contribution in [1.29, 1.82) is 0 Å². The van der Waals surface area contributed by atoms with Gasteiger partial charge in [0.2, 0.25) is 0 Å². The van der Waals surface area contributed by atoms with Gasteiger partial charge in [-0.15, -0.1) is 0 Å². The Balaban J connectivity index is 2.34. The summed E-state index contributed by atoms with van der Waals surface area (Å²) in [4.78, 5) is 0. The molecule has 0 radical (unpaired) electrons. The molecule has 0 bridgehead atoms. The summed E-state index contributed by atoms with van der Waals surface area (Å²) >= 11 is 0. The molecular weight excluding hydrogens is 210 g/mol. The number of benzene rings is 1. The quantitative estimate of drug-likeness (QED) is 0.786. The minimum atomic E-state index is 0.326. The van der Waals surface area contributed by atoms with Crippen molar-refractivity contribution < 1.29 is 4.74 Å². The van der Waals surface area contributed by atoms with Crippen molar-refractivity contribution in [2.24, 2.45) is 11.7 Å². The number of hydrogen-bond donors (Lipinski definition) is 1. The smallest absolute Gasteiger partial charge is 0.118 e. The zero-order chi connectivity index (χ0) is 12.7. The third-order valence-electron chi connectivity index (χ3n) is 3.36. The van der Waals surface area contributed by atoms with Gasteiger partial charge in [-0.1, -0.05) is 32.4 Å². The van der Waals surface area contributed by atoms with E-state index in [9.17, 15) is 0 Å². The van der Waals surface area contributed by atoms with E-state index in [-0.39, 0.29) is 0 Å². The molecule has 0 aliphatic carbocycles. The van der Waals surface area contributed by atoms with Gasteiger partial charge in [-0.05, 0) is 42.9 Å². The van der Waals surface area contributed by atoms with Crippen molar-refractivity contribution in [3.05, 3.63) is 29.8 Å². The van der Waals surface area contributed by atoms with Crippen LogP contribution in [0.5, 0.6) is 5.75 Å². The van der Waals surface area contributed by atoms with E-state index < -0.39 is 0 Å². The summed E-state index contributed by atoms with van der Waals surface area (Å²) in [5.74, 6) is 1.65. The average Bonchev–Trinajstić information content (AvgIpc) is 2.36. The molecule has 1 aromatic rings. The zero-order valence-electron chi connectivity index (χ0n) is 11.3. The maximum Gasteiger partial charge on any atom is 0.118 e. The van der Waals surface area contributed by atoms with Crippen molar-refractivity contribution in [2.45, 2.75) is 45.6 Å². The average molecular weight is 235 g/mol. The second-order valence-corrected chi connectivity index (χ2v) is 4.90. The molecule has 0 aromatic heterocycles. The molecular formula is C15H25NO. The molecule has 0 heterocycles. The molecule has 1 aromatic carbocycles. The topological polar surface area (TPSA) is 35.2 Å². The van der Waals surface area contributed by atoms with Gasteiger partial charge in [0.1, 0.15) is 5.75 Å². The normalized spacial score (nSPS) is 14.4. The summed E-state index contributed by atoms with van der Waals surface area (Å²) in [6, 6.07) is 8.58. The standard InChI is InChI=1S/C15H25NO/c1-4-12(2)11-14(16)8-5-13-6-9-15(17-3)10-7-13/h6-7,9-10,12,14H,4-5,8,11,16H2,1-3H3. The van der Waals surface area contributed by atoms with Crippen molar-refractivity contribution in [2.75, 3.05) is 7.11 Å². The van der Waals surface area contributed by atoms with Crippen LogP contribution in [0.2, 0.25) is 0 Å². The monoisotopic (exact) mass is 235 g/mol. The van der Waals surface area contributed by atoms with Crippen LogP contribution in [0.3, 0.4) is 0 Å². The molecule has 2 atom stereocenters. The lowest BCUT2D eigenvalue weighted by atomic mass is 9.95. The molecule has 0 saturated carbocycles. The van der Waals surface area contributed by atoms with E-state index in [0.717, 1.165) is 30.9 Å². The molecule has 2 nitrogen and oxygen atoms in total. The predicted octanol–water partition coefficient (Wildman–Crippen LogP) is 3.39. The van der Waals surface area contributed by atoms with E-state index in [1.807, 2.05) is 12.1 Å². The fraction of sp³-hybridized carbons (Fsp3) is 0.600. The lowest BCUT2D eigenvalue weighted by Gasteiger charge is -2.15. The van der Waals surface area contributed by atoms with Crippen LogP contribution < -0.4 is 10.5 Å². The zero-order valence-corrected chi connectivity index (χ0v) is 11.3. The van der Waals surface area contributed by atoms with Crippen LogP contribution >= 0.6 is 0 Å². The van der Waals surface area contributed by atoms with Gasteiger partial charge in [0.15, 0.2) is 0 Å². The summed E-state index contributed by atoms with van der Waals surface area (Å²) in [5.41, 5.74) is 7.47. The van der Waals surface area contributed by atoms with Crippen LogP contribution in [-0.4, -0.2) is 13.2 Å². The molecule has 0 fully saturated rings. The highest BCUT2D eigenvalue weighted by molar-refractivity contribution is 5.27. The summed E-state index contributed by atoms with van der Waals surface area (Å²) < 4.78 is 5.14. The van der Waals surface area contributed by atoms with Crippen molar-refractivity contribution >= 4 is 0 Å². The van der Waals surface area contributed by atoms with E-state index in [1.165, 1.54) is 12.0 Å². The molecule has 2 unspecified atom stereocenters. The first-order valence-electron chi connectivity index (χ1n) is 6.54. The molecule has 17 heavy (non-hydrogen) atoms. The second kappa shape index (κ2) is 7.33. The van der Waals surface area contributed by atoms with Crippen LogP contribution in [0.1, 0.15) is 38.7 Å². The molecule has 0 saturated heterocycles. The maximum atomic E-state index is 6.13. The highest BCUT2D eigenvalue weighted by atomic mass is 16.5. The van der Waals surface area contributed by atoms with Gasteiger partial charge in [-0.3, -0.25) is 0 Å². The summed E-state index contributed by atoms with van der Waals surface area (Å²) in [7, 11) is 1.69. The molecule has 0 spiro atoms. The minimum absolute atomic E-state index is 0.326. The number of rotatable bonds is 7. The van der Waals surface area contributed by atoms with Gasteiger partial charge in [0, 0.05) is 6.04 Å². The third-order valence-corrected chi connectivity index (χ3v) is 3.36. The number of ether oxygens (including phenoxy) is 1. The Labute approximate surface area is 105 Å². The molecule has 0 aliphatic rings. The minimum Gasteiger partial charge on any atom is -0.497 e. The Morgan fingerprint density at radius 2 is 1.88 bits per heavy atom. The van der Waals surface area contributed by atoms with Gasteiger partial charge in [-0.25, -0.2) is 0 Å². The van der Waals surface area contributed by atoms with Crippen LogP contribution in [0.25, 0.3) is 0 Å². The van der Waals surface area contributed by atoms with E-state index in [4.69, 9.17) is 10.5 Å². The summed E-state index contributed by atoms with van der Waals surface area (Å²) in [6.45, 7) is 4.49. The fourth-order valence-electron chi connectivity index (χ4n) is 1.95. The largest absolute Gasteiger partial charge is 0.497 e. The van der Waals surface area contributed by atoms with Crippen molar-refractivity contribution in [1.82, 2.24) is 0 Å². The van der Waals surface area contributed by atoms with Gasteiger partial charge >= 0.3 is 0 Å². The Hall–Kier alpha value is -1.02. The Bertz CT molecular complexity index is 307. The van der Waals surface area contributed by atoms with Gasteiger partial charge in [-0.2, -0.15) is 0 Å². The lowest BCUT2D eigenvalue weighted by Crippen LogP contribution is -2.23. The highest BCUT2D eigenvalue weighted by Gasteiger charge is 2.07. The Kier molecular flexibility index (Phi) is 6.06. The van der Waals surface area contributed by atoms with Crippen LogP contribution in [0.15, 0.2) is 24.3 Å². The number of hydrogen-bond acceptors (Lipinski definition) is 2. The molecule has 96 valence electrons. The van der Waals surface area contributed by atoms with E-state index >= 15 is 0 Å². The van der Waals surface area contributed by atoms with Crippen LogP contribution in [0, 0.1) is 5.92 Å². The van der Waals surface area contributed by atoms with E-state index in [2.05, 4.69) is 26.0 Å². The van der Waals surface area contributed by atoms with Gasteiger partial charge < -0.3 is 10.5 Å². The summed E-state index contributed by atoms with van der Waals surface area (Å²) in [6.07, 6.45) is 4.47. The number of nitrogens with two attached hydrogens (primary N) is 1. The molecule has 0 amide bonds. The van der Waals surface area contributed by atoms with Crippen molar-refractivity contribution in [3.63, 3.8) is 0 Å². The Morgan fingerprint density at radius 3 is 2.41 bits per heavy atom. The van der Waals surface area contributed by atoms with Gasteiger partial charge in [0.25, 0.3) is 0 Å². The third kappa shape index (κ3) is 5.22. The van der Waals surface area contributed by atoms with Crippen LogP contribution in [-0.2, 0) is 6.42 Å². The van der Waals surface area contributed by atoms with Crippen LogP contribution in [0.4, 0.5) is 0 Å². The Morgan fingerprint density at radius 1 is 1.24 bits per heavy atom. The summed E-state index contributed by atoms with van der Waals surface area (Å²) in [5, 5.41) is 0. The number of aryl methyl sites for hydroxylation is 1. The van der Waals surface area contributed by atoms with E-state index in [0.29, 0.717) is 6.04 Å². The maximum absolute atomic E-state index is 6.13. The first-order valence-corrected chi connectivity index (χ1v) is 6.54. The first-order chi connectivity index (χ1) is 8.15. The second-order valence-electron chi connectivity index (χ2n) is 4.90.